The fourth-order valence-electron chi connectivity index (χ4n) is 2.53. The standard InChI is InChI=1S/C17H7F4N3O4/c18-10-4-8(5-11(19)16(10)23(25)26)14-2-1-3-15(22-14)9-6-12(20)17(24(27)28)13(21)7-9/h1-7H. The van der Waals surface area contributed by atoms with Crippen molar-refractivity contribution in [3.63, 3.8) is 0 Å². The van der Waals surface area contributed by atoms with Crippen molar-refractivity contribution in [2.45, 2.75) is 0 Å². The van der Waals surface area contributed by atoms with E-state index >= 15 is 0 Å². The zero-order chi connectivity index (χ0) is 20.6. The quantitative estimate of drug-likeness (QED) is 0.361. The lowest BCUT2D eigenvalue weighted by molar-refractivity contribution is -0.390. The summed E-state index contributed by atoms with van der Waals surface area (Å²) in [5.41, 5.74) is -3.01. The Morgan fingerprint density at radius 1 is 0.679 bits per heavy atom. The smallest absolute Gasteiger partial charge is 0.258 e. The van der Waals surface area contributed by atoms with Crippen LogP contribution in [0.3, 0.4) is 0 Å². The summed E-state index contributed by atoms with van der Waals surface area (Å²) in [7, 11) is 0. The van der Waals surface area contributed by atoms with Gasteiger partial charge in [-0.1, -0.05) is 6.07 Å². The van der Waals surface area contributed by atoms with Crippen molar-refractivity contribution in [2.75, 3.05) is 0 Å². The normalized spacial score (nSPS) is 10.7. The van der Waals surface area contributed by atoms with E-state index in [9.17, 15) is 37.8 Å². The molecule has 0 aliphatic rings. The van der Waals surface area contributed by atoms with Crippen molar-refractivity contribution >= 4 is 11.4 Å². The van der Waals surface area contributed by atoms with Gasteiger partial charge in [0.2, 0.25) is 23.3 Å². The zero-order valence-corrected chi connectivity index (χ0v) is 13.5. The summed E-state index contributed by atoms with van der Waals surface area (Å²) in [6, 6.07) is 6.80. The third-order valence-corrected chi connectivity index (χ3v) is 3.74. The van der Waals surface area contributed by atoms with Crippen molar-refractivity contribution in [1.82, 2.24) is 4.98 Å². The third-order valence-electron chi connectivity index (χ3n) is 3.74. The molecule has 7 nitrogen and oxygen atoms in total. The molecule has 0 amide bonds. The number of nitrogens with zero attached hydrogens (tertiary/aromatic N) is 3. The lowest BCUT2D eigenvalue weighted by atomic mass is 10.1. The summed E-state index contributed by atoms with van der Waals surface area (Å²) in [5, 5.41) is 21.3. The van der Waals surface area contributed by atoms with Gasteiger partial charge < -0.3 is 0 Å². The fraction of sp³-hybridized carbons (Fsp3) is 0. The van der Waals surface area contributed by atoms with Crippen molar-refractivity contribution in [3.8, 4) is 22.5 Å². The van der Waals surface area contributed by atoms with Gasteiger partial charge in [-0.25, -0.2) is 4.98 Å². The Kier molecular flexibility index (Phi) is 4.74. The van der Waals surface area contributed by atoms with Gasteiger partial charge in [-0.15, -0.1) is 0 Å². The second-order valence-electron chi connectivity index (χ2n) is 5.50. The summed E-state index contributed by atoms with van der Waals surface area (Å²) >= 11 is 0. The van der Waals surface area contributed by atoms with Crippen LogP contribution in [-0.2, 0) is 0 Å². The maximum Gasteiger partial charge on any atom is 0.340 e. The topological polar surface area (TPSA) is 99.2 Å². The monoisotopic (exact) mass is 393 g/mol. The molecule has 0 saturated heterocycles. The number of rotatable bonds is 4. The maximum absolute atomic E-state index is 13.8. The van der Waals surface area contributed by atoms with Crippen molar-refractivity contribution in [2.24, 2.45) is 0 Å². The number of hydrogen-bond acceptors (Lipinski definition) is 5. The number of nitro groups is 2. The summed E-state index contributed by atoms with van der Waals surface area (Å²) < 4.78 is 55.3. The first-order valence-electron chi connectivity index (χ1n) is 7.43. The first-order chi connectivity index (χ1) is 13.2. The van der Waals surface area contributed by atoms with E-state index in [4.69, 9.17) is 0 Å². The molecule has 0 bridgehead atoms. The second-order valence-corrected chi connectivity index (χ2v) is 5.50. The minimum atomic E-state index is -1.42. The molecule has 0 radical (unpaired) electrons. The molecule has 1 aromatic heterocycles. The van der Waals surface area contributed by atoms with Crippen LogP contribution in [0.5, 0.6) is 0 Å². The Balaban J connectivity index is 2.09. The SMILES string of the molecule is O=[N+]([O-])c1c(F)cc(-c2cccc(-c3cc(F)c([N+](=O)[O-])c(F)c3)n2)cc1F. The number of hydrogen-bond donors (Lipinski definition) is 0. The molecule has 1 heterocycles. The molecule has 0 N–H and O–H groups in total. The lowest BCUT2D eigenvalue weighted by Gasteiger charge is -2.07. The molecule has 0 atom stereocenters. The molecule has 0 aliphatic heterocycles. The first-order valence-corrected chi connectivity index (χ1v) is 7.43. The van der Waals surface area contributed by atoms with E-state index in [-0.39, 0.29) is 22.5 Å². The molecule has 3 rings (SSSR count). The Hall–Kier alpha value is -3.89. The van der Waals surface area contributed by atoms with Crippen molar-refractivity contribution in [3.05, 3.63) is 86.0 Å². The molecule has 28 heavy (non-hydrogen) atoms. The van der Waals surface area contributed by atoms with Gasteiger partial charge in [-0.2, -0.15) is 17.6 Å². The number of aromatic nitrogens is 1. The van der Waals surface area contributed by atoms with Gasteiger partial charge in [0.1, 0.15) is 0 Å². The van der Waals surface area contributed by atoms with Gasteiger partial charge in [-0.05, 0) is 36.4 Å². The summed E-state index contributed by atoms with van der Waals surface area (Å²) in [6.07, 6.45) is 0. The summed E-state index contributed by atoms with van der Waals surface area (Å²) in [5.74, 6) is -5.67. The van der Waals surface area contributed by atoms with Gasteiger partial charge >= 0.3 is 11.4 Å². The molecule has 0 spiro atoms. The summed E-state index contributed by atoms with van der Waals surface area (Å²) in [4.78, 5) is 22.9. The number of nitro benzene ring substituents is 2. The van der Waals surface area contributed by atoms with E-state index in [1.165, 1.54) is 18.2 Å². The lowest BCUT2D eigenvalue weighted by Crippen LogP contribution is -1.99. The van der Waals surface area contributed by atoms with Crippen LogP contribution in [0.15, 0.2) is 42.5 Å². The van der Waals surface area contributed by atoms with Gasteiger partial charge in [0.25, 0.3) is 0 Å². The Morgan fingerprint density at radius 2 is 1.00 bits per heavy atom. The highest BCUT2D eigenvalue weighted by Gasteiger charge is 2.24. The fourth-order valence-corrected chi connectivity index (χ4v) is 2.53. The zero-order valence-electron chi connectivity index (χ0n) is 13.5. The molecule has 0 saturated carbocycles. The number of pyridine rings is 1. The average molecular weight is 393 g/mol. The van der Waals surface area contributed by atoms with Crippen molar-refractivity contribution in [1.29, 1.82) is 0 Å². The van der Waals surface area contributed by atoms with Crippen LogP contribution >= 0.6 is 0 Å². The molecular weight excluding hydrogens is 386 g/mol. The van der Waals surface area contributed by atoms with Crippen LogP contribution in [0.2, 0.25) is 0 Å². The molecule has 142 valence electrons. The molecule has 2 aromatic carbocycles. The van der Waals surface area contributed by atoms with Crippen molar-refractivity contribution < 1.29 is 27.4 Å². The molecule has 3 aromatic rings. The van der Waals surface area contributed by atoms with Crippen LogP contribution in [0.25, 0.3) is 22.5 Å². The molecule has 11 heteroatoms. The number of halogens is 4. The number of benzene rings is 2. The first kappa shape index (κ1) is 18.9. The van der Waals surface area contributed by atoms with Crippen LogP contribution in [0.1, 0.15) is 0 Å². The molecule has 0 aliphatic carbocycles. The maximum atomic E-state index is 13.8. The van der Waals surface area contributed by atoms with E-state index < -0.39 is 44.5 Å². The van der Waals surface area contributed by atoms with E-state index in [1.54, 1.807) is 0 Å². The Morgan fingerprint density at radius 3 is 1.29 bits per heavy atom. The van der Waals surface area contributed by atoms with Crippen LogP contribution in [0, 0.1) is 43.5 Å². The average Bonchev–Trinajstić information content (AvgIpc) is 2.60. The Bertz CT molecular complexity index is 1010. The Labute approximate surface area is 153 Å². The van der Waals surface area contributed by atoms with Gasteiger partial charge in [-0.3, -0.25) is 20.2 Å². The second kappa shape index (κ2) is 7.02. The largest absolute Gasteiger partial charge is 0.340 e. The highest BCUT2D eigenvalue weighted by Crippen LogP contribution is 2.31. The predicted octanol–water partition coefficient (Wildman–Crippen LogP) is 4.79. The summed E-state index contributed by atoms with van der Waals surface area (Å²) in [6.45, 7) is 0. The highest BCUT2D eigenvalue weighted by molar-refractivity contribution is 5.68. The highest BCUT2D eigenvalue weighted by atomic mass is 19.1. The van der Waals surface area contributed by atoms with Crippen LogP contribution < -0.4 is 0 Å². The third kappa shape index (κ3) is 3.37. The van der Waals surface area contributed by atoms with Crippen LogP contribution in [-0.4, -0.2) is 14.8 Å². The van der Waals surface area contributed by atoms with Gasteiger partial charge in [0.05, 0.1) is 21.2 Å². The minimum absolute atomic E-state index is 0.0376. The van der Waals surface area contributed by atoms with Gasteiger partial charge in [0.15, 0.2) is 0 Å². The van der Waals surface area contributed by atoms with E-state index in [0.29, 0.717) is 24.3 Å². The minimum Gasteiger partial charge on any atom is -0.258 e. The van der Waals surface area contributed by atoms with Crippen LogP contribution in [0.4, 0.5) is 28.9 Å². The molecule has 0 fully saturated rings. The molecule has 0 unspecified atom stereocenters. The van der Waals surface area contributed by atoms with E-state index in [2.05, 4.69) is 4.98 Å². The molecular formula is C17H7F4N3O4. The predicted molar refractivity (Wildman–Crippen MR) is 88.2 cm³/mol. The van der Waals surface area contributed by atoms with Gasteiger partial charge in [0, 0.05) is 11.1 Å². The van der Waals surface area contributed by atoms with E-state index in [1.807, 2.05) is 0 Å². The van der Waals surface area contributed by atoms with E-state index in [0.717, 1.165) is 0 Å².